The van der Waals surface area contributed by atoms with Crippen LogP contribution in [0.2, 0.25) is 0 Å². The van der Waals surface area contributed by atoms with E-state index in [1.807, 2.05) is 11.8 Å². The minimum atomic E-state index is 0.905. The summed E-state index contributed by atoms with van der Waals surface area (Å²) in [6, 6.07) is 6.80. The first-order valence-electron chi connectivity index (χ1n) is 6.69. The van der Waals surface area contributed by atoms with Crippen LogP contribution in [0.3, 0.4) is 0 Å². The van der Waals surface area contributed by atoms with Gasteiger partial charge in [-0.15, -0.1) is 0 Å². The highest BCUT2D eigenvalue weighted by molar-refractivity contribution is 7.98. The Morgan fingerprint density at radius 3 is 2.67 bits per heavy atom. The number of benzene rings is 1. The van der Waals surface area contributed by atoms with E-state index in [9.17, 15) is 0 Å². The largest absolute Gasteiger partial charge is 0.379 e. The fourth-order valence-electron chi connectivity index (χ4n) is 2.10. The summed E-state index contributed by atoms with van der Waals surface area (Å²) in [6.45, 7) is 9.57. The lowest BCUT2D eigenvalue weighted by Crippen LogP contribution is -2.37. The molecule has 2 nitrogen and oxygen atoms in total. The average molecular weight is 265 g/mol. The molecule has 0 amide bonds. The lowest BCUT2D eigenvalue weighted by molar-refractivity contribution is 0.0410. The monoisotopic (exact) mass is 265 g/mol. The topological polar surface area (TPSA) is 12.5 Å². The Balaban J connectivity index is 1.66. The van der Waals surface area contributed by atoms with Crippen molar-refractivity contribution in [3.05, 3.63) is 34.9 Å². The van der Waals surface area contributed by atoms with Gasteiger partial charge in [0.1, 0.15) is 0 Å². The van der Waals surface area contributed by atoms with Crippen molar-refractivity contribution in [2.45, 2.75) is 19.6 Å². The van der Waals surface area contributed by atoms with E-state index in [2.05, 4.69) is 36.9 Å². The van der Waals surface area contributed by atoms with Crippen molar-refractivity contribution in [1.82, 2.24) is 4.90 Å². The third-order valence-corrected chi connectivity index (χ3v) is 4.50. The highest BCUT2D eigenvalue weighted by atomic mass is 32.2. The molecule has 1 aliphatic heterocycles. The van der Waals surface area contributed by atoms with E-state index in [0.29, 0.717) is 0 Å². The summed E-state index contributed by atoms with van der Waals surface area (Å²) in [5, 5.41) is 0. The fraction of sp³-hybridized carbons (Fsp3) is 0.600. The predicted octanol–water partition coefficient (Wildman–Crippen LogP) is 2.87. The van der Waals surface area contributed by atoms with Gasteiger partial charge in [0.15, 0.2) is 0 Å². The summed E-state index contributed by atoms with van der Waals surface area (Å²) in [6.07, 6.45) is 0. The average Bonchev–Trinajstić information content (AvgIpc) is 2.40. The Labute approximate surface area is 115 Å². The molecule has 0 saturated carbocycles. The second-order valence-corrected chi connectivity index (χ2v) is 6.03. The third-order valence-electron chi connectivity index (χ3n) is 3.50. The maximum Gasteiger partial charge on any atom is 0.0594 e. The van der Waals surface area contributed by atoms with Crippen molar-refractivity contribution in [3.8, 4) is 0 Å². The molecule has 0 spiro atoms. The minimum absolute atomic E-state index is 0.905. The smallest absolute Gasteiger partial charge is 0.0594 e. The molecular weight excluding hydrogens is 242 g/mol. The summed E-state index contributed by atoms with van der Waals surface area (Å²) < 4.78 is 5.35. The molecule has 1 heterocycles. The van der Waals surface area contributed by atoms with Gasteiger partial charge >= 0.3 is 0 Å². The number of rotatable bonds is 5. The zero-order valence-electron chi connectivity index (χ0n) is 11.4. The maximum absolute atomic E-state index is 5.35. The molecule has 0 atom stereocenters. The Morgan fingerprint density at radius 2 is 1.94 bits per heavy atom. The molecule has 1 aliphatic rings. The second-order valence-electron chi connectivity index (χ2n) is 4.93. The van der Waals surface area contributed by atoms with Gasteiger partial charge in [-0.3, -0.25) is 4.90 Å². The molecule has 1 saturated heterocycles. The maximum atomic E-state index is 5.35. The van der Waals surface area contributed by atoms with Gasteiger partial charge in [-0.2, -0.15) is 11.8 Å². The quantitative estimate of drug-likeness (QED) is 0.760. The van der Waals surface area contributed by atoms with Gasteiger partial charge in [-0.1, -0.05) is 18.2 Å². The summed E-state index contributed by atoms with van der Waals surface area (Å²) in [5.41, 5.74) is 4.24. The van der Waals surface area contributed by atoms with Crippen LogP contribution in [-0.2, 0) is 10.5 Å². The van der Waals surface area contributed by atoms with Crippen LogP contribution in [-0.4, -0.2) is 43.5 Å². The van der Waals surface area contributed by atoms with Gasteiger partial charge in [-0.05, 0) is 30.5 Å². The van der Waals surface area contributed by atoms with Crippen molar-refractivity contribution in [2.24, 2.45) is 0 Å². The Bertz CT molecular complexity index is 375. The highest BCUT2D eigenvalue weighted by Crippen LogP contribution is 2.16. The molecule has 0 unspecified atom stereocenters. The summed E-state index contributed by atoms with van der Waals surface area (Å²) >= 11 is 2.03. The summed E-state index contributed by atoms with van der Waals surface area (Å²) in [5.74, 6) is 2.35. The van der Waals surface area contributed by atoms with E-state index in [0.717, 1.165) is 32.1 Å². The normalized spacial score (nSPS) is 17.0. The van der Waals surface area contributed by atoms with E-state index in [4.69, 9.17) is 4.74 Å². The Hall–Kier alpha value is -0.510. The van der Waals surface area contributed by atoms with Crippen LogP contribution in [0.15, 0.2) is 18.2 Å². The number of nitrogens with zero attached hydrogens (tertiary/aromatic N) is 1. The third kappa shape index (κ3) is 4.30. The van der Waals surface area contributed by atoms with Gasteiger partial charge in [0.05, 0.1) is 13.2 Å². The predicted molar refractivity (Wildman–Crippen MR) is 79.3 cm³/mol. The lowest BCUT2D eigenvalue weighted by atomic mass is 10.1. The Kier molecular flexibility index (Phi) is 5.54. The molecule has 0 radical (unpaired) electrons. The standard InChI is InChI=1S/C15H23NOS/c1-13-3-4-15(11-14(13)2)12-18-10-7-16-5-8-17-9-6-16/h3-4,11H,5-10,12H2,1-2H3. The van der Waals surface area contributed by atoms with E-state index in [-0.39, 0.29) is 0 Å². The fourth-order valence-corrected chi connectivity index (χ4v) is 3.05. The molecule has 1 aromatic carbocycles. The van der Waals surface area contributed by atoms with Crippen molar-refractivity contribution >= 4 is 11.8 Å². The molecule has 2 rings (SSSR count). The van der Waals surface area contributed by atoms with E-state index >= 15 is 0 Å². The van der Waals surface area contributed by atoms with Gasteiger partial charge < -0.3 is 4.74 Å². The minimum Gasteiger partial charge on any atom is -0.379 e. The van der Waals surface area contributed by atoms with Crippen LogP contribution in [0.4, 0.5) is 0 Å². The van der Waals surface area contributed by atoms with Crippen LogP contribution in [0.1, 0.15) is 16.7 Å². The first kappa shape index (κ1) is 13.9. The Morgan fingerprint density at radius 1 is 1.17 bits per heavy atom. The van der Waals surface area contributed by atoms with E-state index < -0.39 is 0 Å². The first-order valence-corrected chi connectivity index (χ1v) is 7.85. The molecule has 0 aliphatic carbocycles. The molecule has 100 valence electrons. The van der Waals surface area contributed by atoms with Crippen LogP contribution in [0.5, 0.6) is 0 Å². The van der Waals surface area contributed by atoms with Crippen molar-refractivity contribution in [2.75, 3.05) is 38.6 Å². The number of thioether (sulfide) groups is 1. The molecule has 18 heavy (non-hydrogen) atoms. The number of hydrogen-bond donors (Lipinski definition) is 0. The zero-order chi connectivity index (χ0) is 12.8. The van der Waals surface area contributed by atoms with Crippen molar-refractivity contribution in [3.63, 3.8) is 0 Å². The van der Waals surface area contributed by atoms with E-state index in [1.165, 1.54) is 29.0 Å². The zero-order valence-corrected chi connectivity index (χ0v) is 12.3. The van der Waals surface area contributed by atoms with Crippen molar-refractivity contribution < 1.29 is 4.74 Å². The SMILES string of the molecule is Cc1ccc(CSCCN2CCOCC2)cc1C. The van der Waals surface area contributed by atoms with Crippen LogP contribution in [0, 0.1) is 13.8 Å². The molecule has 0 N–H and O–H groups in total. The molecule has 3 heteroatoms. The van der Waals surface area contributed by atoms with Gasteiger partial charge in [0.2, 0.25) is 0 Å². The molecule has 1 fully saturated rings. The molecular formula is C15H23NOS. The summed E-state index contributed by atoms with van der Waals surface area (Å²) in [4.78, 5) is 2.50. The number of hydrogen-bond acceptors (Lipinski definition) is 3. The van der Waals surface area contributed by atoms with Crippen LogP contribution >= 0.6 is 11.8 Å². The lowest BCUT2D eigenvalue weighted by Gasteiger charge is -2.26. The van der Waals surface area contributed by atoms with Crippen LogP contribution < -0.4 is 0 Å². The van der Waals surface area contributed by atoms with Crippen molar-refractivity contribution in [1.29, 1.82) is 0 Å². The highest BCUT2D eigenvalue weighted by Gasteiger charge is 2.09. The molecule has 1 aromatic rings. The summed E-state index contributed by atoms with van der Waals surface area (Å²) in [7, 11) is 0. The number of morpholine rings is 1. The van der Waals surface area contributed by atoms with Gasteiger partial charge in [0.25, 0.3) is 0 Å². The number of aryl methyl sites for hydroxylation is 2. The van der Waals surface area contributed by atoms with Crippen LogP contribution in [0.25, 0.3) is 0 Å². The van der Waals surface area contributed by atoms with Gasteiger partial charge in [-0.25, -0.2) is 0 Å². The van der Waals surface area contributed by atoms with Gasteiger partial charge in [0, 0.05) is 31.1 Å². The first-order chi connectivity index (χ1) is 8.75. The molecule has 0 aromatic heterocycles. The second kappa shape index (κ2) is 7.17. The number of ether oxygens (including phenoxy) is 1. The molecule has 0 bridgehead atoms. The van der Waals surface area contributed by atoms with E-state index in [1.54, 1.807) is 0 Å².